The van der Waals surface area contributed by atoms with Gasteiger partial charge in [0.2, 0.25) is 0 Å². The van der Waals surface area contributed by atoms with Gasteiger partial charge in [-0.3, -0.25) is 9.59 Å². The first kappa shape index (κ1) is 16.4. The molecule has 2 rings (SSSR count). The molecule has 23 heavy (non-hydrogen) atoms. The molecule has 0 spiro atoms. The van der Waals surface area contributed by atoms with E-state index in [1.807, 2.05) is 18.2 Å². The highest BCUT2D eigenvalue weighted by molar-refractivity contribution is 6.07. The third kappa shape index (κ3) is 3.45. The number of aromatic nitrogens is 2. The van der Waals surface area contributed by atoms with Crippen LogP contribution in [0.1, 0.15) is 40.3 Å². The molecule has 2 aromatic rings. The lowest BCUT2D eigenvalue weighted by Crippen LogP contribution is -2.31. The van der Waals surface area contributed by atoms with Crippen molar-refractivity contribution in [1.82, 2.24) is 9.78 Å². The van der Waals surface area contributed by atoms with Crippen molar-refractivity contribution >= 4 is 17.4 Å². The van der Waals surface area contributed by atoms with Crippen LogP contribution in [0.4, 0.5) is 5.69 Å². The average molecular weight is 315 g/mol. The molecular formula is C16H17N3O4. The molecule has 0 saturated carbocycles. The molecule has 1 aromatic carbocycles. The number of esters is 1. The van der Waals surface area contributed by atoms with Crippen molar-refractivity contribution in [2.24, 2.45) is 0 Å². The maximum absolute atomic E-state index is 12.3. The van der Waals surface area contributed by atoms with Crippen LogP contribution in [0, 0.1) is 0 Å². The summed E-state index contributed by atoms with van der Waals surface area (Å²) in [5.74, 6) is -1.31. The van der Waals surface area contributed by atoms with Gasteiger partial charge < -0.3 is 10.5 Å². The fourth-order valence-corrected chi connectivity index (χ4v) is 2.09. The first-order valence-electron chi connectivity index (χ1n) is 7.08. The summed E-state index contributed by atoms with van der Waals surface area (Å²) in [5.41, 5.74) is 5.17. The molecule has 0 bridgehead atoms. The van der Waals surface area contributed by atoms with Gasteiger partial charge in [-0.1, -0.05) is 30.3 Å². The predicted octanol–water partition coefficient (Wildman–Crippen LogP) is 1.41. The maximum atomic E-state index is 12.3. The number of hydrogen-bond donors (Lipinski definition) is 1. The summed E-state index contributed by atoms with van der Waals surface area (Å²) in [6.45, 7) is 3.15. The van der Waals surface area contributed by atoms with Crippen molar-refractivity contribution in [2.45, 2.75) is 27.0 Å². The van der Waals surface area contributed by atoms with Crippen LogP contribution in [0.2, 0.25) is 0 Å². The Hall–Kier alpha value is -2.96. The van der Waals surface area contributed by atoms with Gasteiger partial charge in [-0.05, 0) is 19.4 Å². The first-order valence-corrected chi connectivity index (χ1v) is 7.08. The monoisotopic (exact) mass is 315 g/mol. The quantitative estimate of drug-likeness (QED) is 0.660. The van der Waals surface area contributed by atoms with Gasteiger partial charge in [0.05, 0.1) is 5.56 Å². The molecule has 0 aliphatic carbocycles. The van der Waals surface area contributed by atoms with Crippen molar-refractivity contribution in [3.8, 4) is 0 Å². The minimum Gasteiger partial charge on any atom is -0.456 e. The number of carbonyl (C=O) groups excluding carboxylic acids is 2. The number of ether oxygens (including phenoxy) is 1. The number of ketones is 1. The molecule has 0 radical (unpaired) electrons. The molecule has 1 heterocycles. The number of nitrogens with two attached hydrogens (primary N) is 1. The Bertz CT molecular complexity index is 797. The summed E-state index contributed by atoms with van der Waals surface area (Å²) >= 11 is 0. The number of benzene rings is 1. The lowest BCUT2D eigenvalue weighted by molar-refractivity contribution is 0.0459. The van der Waals surface area contributed by atoms with Crippen LogP contribution in [-0.2, 0) is 17.9 Å². The highest BCUT2D eigenvalue weighted by Crippen LogP contribution is 2.14. The number of nitrogen functional groups attached to an aromatic ring is 1. The van der Waals surface area contributed by atoms with Gasteiger partial charge in [0.1, 0.15) is 12.3 Å². The van der Waals surface area contributed by atoms with E-state index in [9.17, 15) is 14.4 Å². The summed E-state index contributed by atoms with van der Waals surface area (Å²) in [6, 6.07) is 9.08. The summed E-state index contributed by atoms with van der Waals surface area (Å²) in [5, 5.41) is 3.91. The molecule has 0 saturated heterocycles. The fraction of sp³-hybridized carbons (Fsp3) is 0.250. The summed E-state index contributed by atoms with van der Waals surface area (Å²) < 4.78 is 6.20. The van der Waals surface area contributed by atoms with E-state index in [0.717, 1.165) is 10.2 Å². The number of rotatable bonds is 5. The summed E-state index contributed by atoms with van der Waals surface area (Å²) in [4.78, 5) is 36.0. The molecule has 0 atom stereocenters. The fourth-order valence-electron chi connectivity index (χ4n) is 2.09. The van der Waals surface area contributed by atoms with E-state index in [0.29, 0.717) is 0 Å². The minimum absolute atomic E-state index is 0.0316. The van der Waals surface area contributed by atoms with Crippen molar-refractivity contribution in [1.29, 1.82) is 0 Å². The van der Waals surface area contributed by atoms with Crippen molar-refractivity contribution in [2.75, 3.05) is 5.73 Å². The van der Waals surface area contributed by atoms with E-state index in [-0.39, 0.29) is 30.1 Å². The normalized spacial score (nSPS) is 10.3. The maximum Gasteiger partial charge on any atom is 0.359 e. The van der Waals surface area contributed by atoms with Crippen molar-refractivity contribution in [3.05, 3.63) is 57.5 Å². The molecule has 0 fully saturated rings. The predicted molar refractivity (Wildman–Crippen MR) is 84.1 cm³/mol. The Morgan fingerprint density at radius 1 is 1.26 bits per heavy atom. The second kappa shape index (κ2) is 6.87. The topological polar surface area (TPSA) is 104 Å². The Morgan fingerprint density at radius 3 is 2.48 bits per heavy atom. The standard InChI is InChI=1S/C16H17N3O4/c1-3-19-15(21)13(17)12(10(2)20)14(18-19)16(22)23-9-11-7-5-4-6-8-11/h4-8H,3,9,17H2,1-2H3. The Balaban J connectivity index is 2.37. The van der Waals surface area contributed by atoms with Gasteiger partial charge in [0.15, 0.2) is 11.5 Å². The number of hydrogen-bond acceptors (Lipinski definition) is 6. The van der Waals surface area contributed by atoms with Gasteiger partial charge in [0.25, 0.3) is 5.56 Å². The zero-order chi connectivity index (χ0) is 17.0. The van der Waals surface area contributed by atoms with E-state index in [2.05, 4.69) is 5.10 Å². The van der Waals surface area contributed by atoms with Crippen molar-refractivity contribution < 1.29 is 14.3 Å². The van der Waals surface area contributed by atoms with E-state index < -0.39 is 17.3 Å². The van der Waals surface area contributed by atoms with Crippen LogP contribution < -0.4 is 11.3 Å². The van der Waals surface area contributed by atoms with E-state index in [1.165, 1.54) is 6.92 Å². The molecule has 0 aliphatic heterocycles. The van der Waals surface area contributed by atoms with Gasteiger partial charge >= 0.3 is 5.97 Å². The third-order valence-corrected chi connectivity index (χ3v) is 3.25. The molecule has 0 unspecified atom stereocenters. The van der Waals surface area contributed by atoms with Crippen LogP contribution in [0.25, 0.3) is 0 Å². The van der Waals surface area contributed by atoms with Crippen LogP contribution in [0.5, 0.6) is 0 Å². The SMILES string of the molecule is CCn1nc(C(=O)OCc2ccccc2)c(C(C)=O)c(N)c1=O. The van der Waals surface area contributed by atoms with E-state index in [1.54, 1.807) is 19.1 Å². The minimum atomic E-state index is -0.798. The Labute approximate surface area is 132 Å². The molecule has 120 valence electrons. The zero-order valence-corrected chi connectivity index (χ0v) is 12.9. The van der Waals surface area contributed by atoms with Gasteiger partial charge in [0, 0.05) is 6.54 Å². The molecule has 7 nitrogen and oxygen atoms in total. The third-order valence-electron chi connectivity index (χ3n) is 3.25. The first-order chi connectivity index (χ1) is 11.0. The summed E-state index contributed by atoms with van der Waals surface area (Å²) in [7, 11) is 0. The number of Topliss-reactive ketones (excluding diaryl/α,β-unsaturated/α-hetero) is 1. The smallest absolute Gasteiger partial charge is 0.359 e. The Morgan fingerprint density at radius 2 is 1.91 bits per heavy atom. The van der Waals surface area contributed by atoms with Crippen LogP contribution in [0.15, 0.2) is 35.1 Å². The lowest BCUT2D eigenvalue weighted by atomic mass is 10.1. The van der Waals surface area contributed by atoms with Crippen LogP contribution in [-0.4, -0.2) is 21.5 Å². The van der Waals surface area contributed by atoms with E-state index >= 15 is 0 Å². The number of carbonyl (C=O) groups is 2. The highest BCUT2D eigenvalue weighted by atomic mass is 16.5. The zero-order valence-electron chi connectivity index (χ0n) is 12.9. The number of nitrogens with zero attached hydrogens (tertiary/aromatic N) is 2. The molecule has 1 aromatic heterocycles. The molecular weight excluding hydrogens is 298 g/mol. The van der Waals surface area contributed by atoms with Gasteiger partial charge in [-0.25, -0.2) is 9.48 Å². The molecule has 0 amide bonds. The number of aryl methyl sites for hydroxylation is 1. The van der Waals surface area contributed by atoms with Gasteiger partial charge in [-0.2, -0.15) is 5.10 Å². The largest absolute Gasteiger partial charge is 0.456 e. The van der Waals surface area contributed by atoms with Crippen molar-refractivity contribution in [3.63, 3.8) is 0 Å². The Kier molecular flexibility index (Phi) is 4.90. The molecule has 2 N–H and O–H groups in total. The van der Waals surface area contributed by atoms with Crippen LogP contribution >= 0.6 is 0 Å². The van der Waals surface area contributed by atoms with Gasteiger partial charge in [-0.15, -0.1) is 0 Å². The molecule has 7 heteroatoms. The molecule has 0 aliphatic rings. The lowest BCUT2D eigenvalue weighted by Gasteiger charge is -2.11. The average Bonchev–Trinajstić information content (AvgIpc) is 2.55. The highest BCUT2D eigenvalue weighted by Gasteiger charge is 2.24. The van der Waals surface area contributed by atoms with Crippen LogP contribution in [0.3, 0.4) is 0 Å². The summed E-state index contributed by atoms with van der Waals surface area (Å²) in [6.07, 6.45) is 0. The van der Waals surface area contributed by atoms with E-state index in [4.69, 9.17) is 10.5 Å². The second-order valence-electron chi connectivity index (χ2n) is 4.88. The number of anilines is 1. The second-order valence-corrected chi connectivity index (χ2v) is 4.88.